The van der Waals surface area contributed by atoms with Gasteiger partial charge in [-0.25, -0.2) is 0 Å². The maximum absolute atomic E-state index is 5.89. The molecule has 0 amide bonds. The van der Waals surface area contributed by atoms with E-state index in [1.165, 1.54) is 0 Å². The highest BCUT2D eigenvalue weighted by molar-refractivity contribution is 6.19. The summed E-state index contributed by atoms with van der Waals surface area (Å²) in [5.74, 6) is 2.36. The van der Waals surface area contributed by atoms with Gasteiger partial charge in [0.05, 0.1) is 21.3 Å². The molecule has 1 aliphatic rings. The van der Waals surface area contributed by atoms with Crippen LogP contribution in [0.4, 0.5) is 0 Å². The smallest absolute Gasteiger partial charge is 0.203 e. The molecule has 0 bridgehead atoms. The average Bonchev–Trinajstić information content (AvgIpc) is 2.53. The Morgan fingerprint density at radius 2 is 1.75 bits per heavy atom. The molecule has 1 N–H and O–H groups in total. The number of halogens is 1. The summed E-state index contributed by atoms with van der Waals surface area (Å²) in [5.41, 5.74) is 3.15. The highest BCUT2D eigenvalue weighted by atomic mass is 35.5. The molecule has 0 saturated heterocycles. The zero-order chi connectivity index (χ0) is 14.5. The molecule has 0 aliphatic carbocycles. The van der Waals surface area contributed by atoms with Gasteiger partial charge in [0.25, 0.3) is 0 Å². The van der Waals surface area contributed by atoms with Gasteiger partial charge in [-0.3, -0.25) is 0 Å². The van der Waals surface area contributed by atoms with Crippen LogP contribution in [0.1, 0.15) is 5.56 Å². The van der Waals surface area contributed by atoms with E-state index in [1.54, 1.807) is 21.3 Å². The molecular weight excluding hydrogens is 278 g/mol. The fourth-order valence-electron chi connectivity index (χ4n) is 2.10. The number of ether oxygens (including phenoxy) is 3. The molecule has 0 saturated carbocycles. The zero-order valence-corrected chi connectivity index (χ0v) is 12.6. The van der Waals surface area contributed by atoms with Crippen LogP contribution in [-0.2, 0) is 0 Å². The summed E-state index contributed by atoms with van der Waals surface area (Å²) < 4.78 is 16.0. The Balaban J connectivity index is 2.47. The molecule has 0 spiro atoms. The van der Waals surface area contributed by atoms with E-state index >= 15 is 0 Å². The summed E-state index contributed by atoms with van der Waals surface area (Å²) in [6, 6.07) is 3.84. The third-order valence-corrected chi connectivity index (χ3v) is 3.46. The summed E-state index contributed by atoms with van der Waals surface area (Å²) in [6.07, 6.45) is 4.03. The normalized spacial score (nSPS) is 14.0. The van der Waals surface area contributed by atoms with Crippen molar-refractivity contribution in [3.63, 3.8) is 0 Å². The van der Waals surface area contributed by atoms with Crippen LogP contribution in [0.5, 0.6) is 17.2 Å². The van der Waals surface area contributed by atoms with Gasteiger partial charge < -0.3 is 19.5 Å². The Morgan fingerprint density at radius 1 is 1.10 bits per heavy atom. The number of dihydropyridines is 1. The molecule has 0 atom stereocenters. The lowest BCUT2D eigenvalue weighted by Crippen LogP contribution is -2.15. The van der Waals surface area contributed by atoms with Gasteiger partial charge >= 0.3 is 0 Å². The van der Waals surface area contributed by atoms with Crippen molar-refractivity contribution in [2.24, 2.45) is 0 Å². The number of hydrogen-bond donors (Lipinski definition) is 1. The maximum Gasteiger partial charge on any atom is 0.203 e. The molecule has 0 aromatic heterocycles. The van der Waals surface area contributed by atoms with Crippen LogP contribution in [0.3, 0.4) is 0 Å². The maximum atomic E-state index is 5.89. The number of methoxy groups -OCH3 is 3. The quantitative estimate of drug-likeness (QED) is 0.848. The third-order valence-electron chi connectivity index (χ3n) is 3.12. The fraction of sp³-hybridized carbons (Fsp3) is 0.333. The first kappa shape index (κ1) is 14.6. The van der Waals surface area contributed by atoms with Crippen LogP contribution in [0.2, 0.25) is 0 Å². The number of benzene rings is 1. The monoisotopic (exact) mass is 295 g/mol. The van der Waals surface area contributed by atoms with Gasteiger partial charge in [-0.1, -0.05) is 6.08 Å². The predicted octanol–water partition coefficient (Wildman–Crippen LogP) is 2.82. The number of rotatable bonds is 5. The Hall–Kier alpha value is -1.81. The van der Waals surface area contributed by atoms with Gasteiger partial charge in [0.2, 0.25) is 5.75 Å². The molecule has 1 aliphatic heterocycles. The van der Waals surface area contributed by atoms with Crippen molar-refractivity contribution >= 4 is 17.2 Å². The van der Waals surface area contributed by atoms with Gasteiger partial charge in [0.15, 0.2) is 11.5 Å². The molecule has 0 fully saturated rings. The first-order chi connectivity index (χ1) is 9.73. The highest BCUT2D eigenvalue weighted by Crippen LogP contribution is 2.40. The molecule has 1 aromatic carbocycles. The summed E-state index contributed by atoms with van der Waals surface area (Å²) in [6.45, 7) is 0.775. The van der Waals surface area contributed by atoms with Gasteiger partial charge in [-0.2, -0.15) is 0 Å². The van der Waals surface area contributed by atoms with Crippen LogP contribution in [0.25, 0.3) is 5.57 Å². The van der Waals surface area contributed by atoms with Crippen molar-refractivity contribution in [2.75, 3.05) is 33.8 Å². The zero-order valence-electron chi connectivity index (χ0n) is 11.8. The Labute approximate surface area is 124 Å². The SMILES string of the molecule is COc1cc(C2=CNCC(CCl)=C2)cc(OC)c1OC. The lowest BCUT2D eigenvalue weighted by molar-refractivity contribution is 0.324. The number of nitrogens with one attached hydrogen (secondary N) is 1. The first-order valence-electron chi connectivity index (χ1n) is 6.22. The standard InChI is InChI=1S/C15H18ClNO3/c1-18-13-5-11(6-14(19-2)15(13)20-3)12-4-10(7-16)8-17-9-12/h4-6,9,17H,7-8H2,1-3H3. The van der Waals surface area contributed by atoms with E-state index in [0.717, 1.165) is 23.3 Å². The van der Waals surface area contributed by atoms with Gasteiger partial charge in [0.1, 0.15) is 0 Å². The van der Waals surface area contributed by atoms with Gasteiger partial charge in [-0.15, -0.1) is 11.6 Å². The first-order valence-corrected chi connectivity index (χ1v) is 6.76. The van der Waals surface area contributed by atoms with E-state index in [0.29, 0.717) is 23.1 Å². The summed E-state index contributed by atoms with van der Waals surface area (Å²) in [5, 5.41) is 3.21. The van der Waals surface area contributed by atoms with Crippen molar-refractivity contribution in [1.82, 2.24) is 5.32 Å². The largest absolute Gasteiger partial charge is 0.493 e. The second-order valence-electron chi connectivity index (χ2n) is 4.33. The highest BCUT2D eigenvalue weighted by Gasteiger charge is 2.15. The van der Waals surface area contributed by atoms with Crippen molar-refractivity contribution in [1.29, 1.82) is 0 Å². The molecule has 108 valence electrons. The van der Waals surface area contributed by atoms with E-state index in [4.69, 9.17) is 25.8 Å². The third kappa shape index (κ3) is 2.85. The second kappa shape index (κ2) is 6.57. The van der Waals surface area contributed by atoms with E-state index in [2.05, 4.69) is 11.4 Å². The van der Waals surface area contributed by atoms with Crippen molar-refractivity contribution in [2.45, 2.75) is 0 Å². The fourth-order valence-corrected chi connectivity index (χ4v) is 2.28. The summed E-state index contributed by atoms with van der Waals surface area (Å²) in [4.78, 5) is 0. The Bertz CT molecular complexity index is 527. The van der Waals surface area contributed by atoms with Gasteiger partial charge in [0, 0.05) is 18.6 Å². The average molecular weight is 296 g/mol. The van der Waals surface area contributed by atoms with E-state index in [1.807, 2.05) is 18.3 Å². The van der Waals surface area contributed by atoms with Crippen molar-refractivity contribution in [3.05, 3.63) is 35.5 Å². The molecule has 2 rings (SSSR count). The van der Waals surface area contributed by atoms with Crippen molar-refractivity contribution in [3.8, 4) is 17.2 Å². The number of alkyl halides is 1. The van der Waals surface area contributed by atoms with Crippen LogP contribution < -0.4 is 19.5 Å². The minimum Gasteiger partial charge on any atom is -0.493 e. The van der Waals surface area contributed by atoms with E-state index in [-0.39, 0.29) is 0 Å². The lowest BCUT2D eigenvalue weighted by Gasteiger charge is -2.17. The molecule has 1 aromatic rings. The van der Waals surface area contributed by atoms with E-state index in [9.17, 15) is 0 Å². The minimum absolute atomic E-state index is 0.509. The Kier molecular flexibility index (Phi) is 4.79. The molecular formula is C15H18ClNO3. The predicted molar refractivity (Wildman–Crippen MR) is 80.9 cm³/mol. The van der Waals surface area contributed by atoms with E-state index < -0.39 is 0 Å². The molecule has 5 heteroatoms. The molecule has 0 radical (unpaired) electrons. The van der Waals surface area contributed by atoms with Crippen LogP contribution in [-0.4, -0.2) is 33.8 Å². The van der Waals surface area contributed by atoms with Crippen molar-refractivity contribution < 1.29 is 14.2 Å². The summed E-state index contributed by atoms with van der Waals surface area (Å²) in [7, 11) is 4.80. The minimum atomic E-state index is 0.509. The molecule has 0 unspecified atom stereocenters. The van der Waals surface area contributed by atoms with Crippen LogP contribution in [0, 0.1) is 0 Å². The van der Waals surface area contributed by atoms with Crippen LogP contribution >= 0.6 is 11.6 Å². The Morgan fingerprint density at radius 3 is 2.25 bits per heavy atom. The number of hydrogen-bond acceptors (Lipinski definition) is 4. The molecule has 1 heterocycles. The topological polar surface area (TPSA) is 39.7 Å². The second-order valence-corrected chi connectivity index (χ2v) is 4.60. The molecule has 20 heavy (non-hydrogen) atoms. The molecule has 4 nitrogen and oxygen atoms in total. The lowest BCUT2D eigenvalue weighted by atomic mass is 10.0. The number of allylic oxidation sites excluding steroid dienone is 2. The summed E-state index contributed by atoms with van der Waals surface area (Å²) >= 11 is 5.89. The van der Waals surface area contributed by atoms with Crippen LogP contribution in [0.15, 0.2) is 30.0 Å². The van der Waals surface area contributed by atoms with Gasteiger partial charge in [-0.05, 0) is 28.8 Å².